The molecule has 0 saturated carbocycles. The van der Waals surface area contributed by atoms with Gasteiger partial charge in [0.25, 0.3) is 0 Å². The fraction of sp³-hybridized carbons (Fsp3) is 0.0769. The average Bonchev–Trinajstić information content (AvgIpc) is 2.46. The van der Waals surface area contributed by atoms with Crippen LogP contribution in [0.4, 0.5) is 5.95 Å². The maximum absolute atomic E-state index is 5.70. The van der Waals surface area contributed by atoms with Gasteiger partial charge < -0.3 is 5.73 Å². The molecule has 19 heavy (non-hydrogen) atoms. The molecule has 0 atom stereocenters. The number of anilines is 1. The molecule has 0 spiro atoms. The summed E-state index contributed by atoms with van der Waals surface area (Å²) in [5.41, 5.74) is 7.55. The van der Waals surface area contributed by atoms with E-state index in [1.165, 1.54) is 11.8 Å². The van der Waals surface area contributed by atoms with Crippen molar-refractivity contribution in [2.75, 3.05) is 12.0 Å². The molecule has 0 fully saturated rings. The lowest BCUT2D eigenvalue weighted by Gasteiger charge is -2.04. The number of hydrogen-bond donors (Lipinski definition) is 1. The minimum Gasteiger partial charge on any atom is -0.368 e. The highest BCUT2D eigenvalue weighted by molar-refractivity contribution is 7.98. The molecule has 0 aliphatic rings. The number of hydrogen-bond acceptors (Lipinski definition) is 6. The standard InChI is InChI=1S/C13H11N5S/c1-19-13-17-11(16-12(14)18-13)9-4-5-10-8(7-9)3-2-6-15-10/h2-7H,1H3,(H2,14,16,17,18). The first-order valence-electron chi connectivity index (χ1n) is 5.67. The van der Waals surface area contributed by atoms with Gasteiger partial charge in [-0.3, -0.25) is 4.98 Å². The molecule has 0 radical (unpaired) electrons. The van der Waals surface area contributed by atoms with Crippen LogP contribution in [0.3, 0.4) is 0 Å². The Morgan fingerprint density at radius 2 is 2.00 bits per heavy atom. The molecule has 0 aliphatic heterocycles. The summed E-state index contributed by atoms with van der Waals surface area (Å²) in [5, 5.41) is 1.67. The summed E-state index contributed by atoms with van der Waals surface area (Å²) in [6, 6.07) is 9.80. The number of pyridine rings is 1. The second-order valence-electron chi connectivity index (χ2n) is 3.91. The summed E-state index contributed by atoms with van der Waals surface area (Å²) in [7, 11) is 0. The van der Waals surface area contributed by atoms with Gasteiger partial charge in [0, 0.05) is 17.1 Å². The summed E-state index contributed by atoms with van der Waals surface area (Å²) in [6.07, 6.45) is 3.68. The Balaban J connectivity index is 2.15. The third kappa shape index (κ3) is 2.34. The van der Waals surface area contributed by atoms with Gasteiger partial charge in [0.1, 0.15) is 0 Å². The molecule has 0 amide bonds. The van der Waals surface area contributed by atoms with Crippen molar-refractivity contribution in [2.24, 2.45) is 0 Å². The number of aromatic nitrogens is 4. The molecular formula is C13H11N5S. The zero-order valence-corrected chi connectivity index (χ0v) is 11.1. The normalized spacial score (nSPS) is 10.8. The molecule has 3 rings (SSSR count). The molecule has 1 aromatic carbocycles. The van der Waals surface area contributed by atoms with Gasteiger partial charge in [0.2, 0.25) is 5.95 Å². The van der Waals surface area contributed by atoms with Crippen molar-refractivity contribution in [3.05, 3.63) is 36.5 Å². The first-order chi connectivity index (χ1) is 9.26. The van der Waals surface area contributed by atoms with Gasteiger partial charge in [0.05, 0.1) is 5.52 Å². The van der Waals surface area contributed by atoms with Gasteiger partial charge in [-0.25, -0.2) is 4.98 Å². The van der Waals surface area contributed by atoms with E-state index in [0.29, 0.717) is 11.0 Å². The van der Waals surface area contributed by atoms with Crippen LogP contribution in [0.25, 0.3) is 22.3 Å². The zero-order valence-electron chi connectivity index (χ0n) is 10.2. The number of thioether (sulfide) groups is 1. The van der Waals surface area contributed by atoms with Crippen LogP contribution in [-0.2, 0) is 0 Å². The molecule has 3 aromatic rings. The topological polar surface area (TPSA) is 77.6 Å². The van der Waals surface area contributed by atoms with Crippen LogP contribution in [0.1, 0.15) is 0 Å². The Bertz CT molecular complexity index is 744. The third-order valence-corrected chi connectivity index (χ3v) is 3.22. The molecule has 2 heterocycles. The molecule has 2 aromatic heterocycles. The van der Waals surface area contributed by atoms with Gasteiger partial charge in [-0.05, 0) is 30.5 Å². The van der Waals surface area contributed by atoms with E-state index < -0.39 is 0 Å². The third-order valence-electron chi connectivity index (χ3n) is 2.68. The van der Waals surface area contributed by atoms with Crippen molar-refractivity contribution in [1.29, 1.82) is 0 Å². The Morgan fingerprint density at radius 1 is 1.11 bits per heavy atom. The summed E-state index contributed by atoms with van der Waals surface area (Å²) < 4.78 is 0. The SMILES string of the molecule is CSc1nc(N)nc(-c2ccc3ncccc3c2)n1. The number of benzene rings is 1. The van der Waals surface area contributed by atoms with E-state index in [9.17, 15) is 0 Å². The van der Waals surface area contributed by atoms with Crippen molar-refractivity contribution in [1.82, 2.24) is 19.9 Å². The first-order valence-corrected chi connectivity index (χ1v) is 6.89. The Hall–Kier alpha value is -2.21. The minimum absolute atomic E-state index is 0.237. The molecule has 0 unspecified atom stereocenters. The van der Waals surface area contributed by atoms with Gasteiger partial charge in [-0.2, -0.15) is 9.97 Å². The fourth-order valence-corrected chi connectivity index (χ4v) is 2.17. The summed E-state index contributed by atoms with van der Waals surface area (Å²) >= 11 is 1.44. The van der Waals surface area contributed by atoms with Gasteiger partial charge in [0.15, 0.2) is 11.0 Å². The van der Waals surface area contributed by atoms with E-state index in [1.807, 2.05) is 36.6 Å². The lowest BCUT2D eigenvalue weighted by atomic mass is 10.1. The monoisotopic (exact) mass is 269 g/mol. The molecule has 0 bridgehead atoms. The molecule has 6 heteroatoms. The van der Waals surface area contributed by atoms with E-state index in [2.05, 4.69) is 19.9 Å². The zero-order chi connectivity index (χ0) is 13.2. The number of rotatable bonds is 2. The van der Waals surface area contributed by atoms with Crippen LogP contribution in [0, 0.1) is 0 Å². The van der Waals surface area contributed by atoms with E-state index in [0.717, 1.165) is 16.5 Å². The Morgan fingerprint density at radius 3 is 2.84 bits per heavy atom. The fourth-order valence-electron chi connectivity index (χ4n) is 1.81. The first kappa shape index (κ1) is 11.9. The van der Waals surface area contributed by atoms with Crippen molar-refractivity contribution in [3.8, 4) is 11.4 Å². The second kappa shape index (κ2) is 4.81. The van der Waals surface area contributed by atoms with E-state index in [4.69, 9.17) is 5.73 Å². The molecule has 0 saturated heterocycles. The van der Waals surface area contributed by atoms with Crippen LogP contribution in [0.15, 0.2) is 41.7 Å². The van der Waals surface area contributed by atoms with Crippen molar-refractivity contribution in [2.45, 2.75) is 5.16 Å². The van der Waals surface area contributed by atoms with Crippen LogP contribution >= 0.6 is 11.8 Å². The summed E-state index contributed by atoms with van der Waals surface area (Å²) in [4.78, 5) is 16.9. The minimum atomic E-state index is 0.237. The number of nitrogen functional groups attached to an aromatic ring is 1. The van der Waals surface area contributed by atoms with Crippen LogP contribution in [0.5, 0.6) is 0 Å². The molecule has 0 aliphatic carbocycles. The van der Waals surface area contributed by atoms with Gasteiger partial charge in [-0.15, -0.1) is 0 Å². The highest BCUT2D eigenvalue weighted by Crippen LogP contribution is 2.22. The molecular weight excluding hydrogens is 258 g/mol. The number of nitrogens with two attached hydrogens (primary N) is 1. The van der Waals surface area contributed by atoms with Crippen LogP contribution in [-0.4, -0.2) is 26.2 Å². The second-order valence-corrected chi connectivity index (χ2v) is 4.69. The number of fused-ring (bicyclic) bond motifs is 1. The summed E-state index contributed by atoms with van der Waals surface area (Å²) in [6.45, 7) is 0. The smallest absolute Gasteiger partial charge is 0.224 e. The lowest BCUT2D eigenvalue weighted by molar-refractivity contribution is 0.928. The van der Waals surface area contributed by atoms with E-state index in [1.54, 1.807) is 6.20 Å². The Labute approximate surface area is 114 Å². The van der Waals surface area contributed by atoms with E-state index >= 15 is 0 Å². The van der Waals surface area contributed by atoms with Crippen molar-refractivity contribution < 1.29 is 0 Å². The summed E-state index contributed by atoms with van der Waals surface area (Å²) in [5.74, 6) is 0.822. The van der Waals surface area contributed by atoms with Gasteiger partial charge in [-0.1, -0.05) is 17.8 Å². The van der Waals surface area contributed by atoms with Crippen molar-refractivity contribution in [3.63, 3.8) is 0 Å². The van der Waals surface area contributed by atoms with E-state index in [-0.39, 0.29) is 5.95 Å². The highest BCUT2D eigenvalue weighted by Gasteiger charge is 2.07. The van der Waals surface area contributed by atoms with Crippen LogP contribution < -0.4 is 5.73 Å². The predicted molar refractivity (Wildman–Crippen MR) is 76.8 cm³/mol. The average molecular weight is 269 g/mol. The number of nitrogens with zero attached hydrogens (tertiary/aromatic N) is 4. The Kier molecular flexibility index (Phi) is 3.00. The lowest BCUT2D eigenvalue weighted by Crippen LogP contribution is -2.01. The molecule has 5 nitrogen and oxygen atoms in total. The highest BCUT2D eigenvalue weighted by atomic mass is 32.2. The van der Waals surface area contributed by atoms with Crippen molar-refractivity contribution >= 4 is 28.6 Å². The largest absolute Gasteiger partial charge is 0.368 e. The molecule has 2 N–H and O–H groups in total. The maximum Gasteiger partial charge on any atom is 0.224 e. The maximum atomic E-state index is 5.70. The predicted octanol–water partition coefficient (Wildman–Crippen LogP) is 2.39. The quantitative estimate of drug-likeness (QED) is 0.720. The van der Waals surface area contributed by atoms with Gasteiger partial charge >= 0.3 is 0 Å². The van der Waals surface area contributed by atoms with Crippen LogP contribution in [0.2, 0.25) is 0 Å². The molecule has 94 valence electrons.